The number of rotatable bonds is 4. The number of imidazole rings is 1. The van der Waals surface area contributed by atoms with Crippen molar-refractivity contribution in [2.45, 2.75) is 51.2 Å². The summed E-state index contributed by atoms with van der Waals surface area (Å²) in [6.07, 6.45) is -1.21. The van der Waals surface area contributed by atoms with Crippen molar-refractivity contribution in [2.75, 3.05) is 6.54 Å². The van der Waals surface area contributed by atoms with Crippen LogP contribution < -0.4 is 0 Å². The minimum atomic E-state index is -4.41. The van der Waals surface area contributed by atoms with Gasteiger partial charge in [0.15, 0.2) is 0 Å². The van der Waals surface area contributed by atoms with E-state index in [9.17, 15) is 18.3 Å². The molecule has 0 bridgehead atoms. The van der Waals surface area contributed by atoms with E-state index < -0.39 is 23.9 Å². The van der Waals surface area contributed by atoms with E-state index in [0.29, 0.717) is 13.1 Å². The predicted molar refractivity (Wildman–Crippen MR) is 87.8 cm³/mol. The highest BCUT2D eigenvalue weighted by Crippen LogP contribution is 2.40. The fourth-order valence-electron chi connectivity index (χ4n) is 3.54. The second-order valence-electron chi connectivity index (χ2n) is 6.76. The Labute approximate surface area is 144 Å². The lowest BCUT2D eigenvalue weighted by Gasteiger charge is -2.27. The van der Waals surface area contributed by atoms with E-state index >= 15 is 0 Å². The molecule has 0 spiro atoms. The van der Waals surface area contributed by atoms with Gasteiger partial charge in [0.1, 0.15) is 5.82 Å². The second-order valence-corrected chi connectivity index (χ2v) is 6.76. The van der Waals surface area contributed by atoms with E-state index in [4.69, 9.17) is 0 Å². The molecule has 0 saturated carbocycles. The molecule has 4 nitrogen and oxygen atoms in total. The number of alkyl halides is 3. The number of nitrogens with zero attached hydrogens (tertiary/aromatic N) is 3. The molecular formula is C18H22F3N3O. The van der Waals surface area contributed by atoms with Crippen LogP contribution >= 0.6 is 0 Å². The van der Waals surface area contributed by atoms with Crippen LogP contribution in [0.2, 0.25) is 0 Å². The molecule has 2 aromatic rings. The van der Waals surface area contributed by atoms with Gasteiger partial charge in [-0.25, -0.2) is 4.98 Å². The van der Waals surface area contributed by atoms with Crippen LogP contribution in [-0.4, -0.2) is 32.2 Å². The number of hydrogen-bond acceptors (Lipinski definition) is 3. The lowest BCUT2D eigenvalue weighted by atomic mass is 9.97. The van der Waals surface area contributed by atoms with Gasteiger partial charge in [-0.1, -0.05) is 18.2 Å². The average molecular weight is 353 g/mol. The Balaban J connectivity index is 1.92. The van der Waals surface area contributed by atoms with Crippen molar-refractivity contribution in [2.24, 2.45) is 0 Å². The van der Waals surface area contributed by atoms with Crippen molar-refractivity contribution in [1.82, 2.24) is 14.5 Å². The maximum Gasteiger partial charge on any atom is 0.416 e. The standard InChI is InChI=1S/C18H22F3N3O/c1-12(2)24-8-7-22-17(24)11-23-10-13(25)9-16(23)14-5-3-4-6-15(14)18(19,20)21/h3-8,12-13,16,25H,9-11H2,1-2H3/t13-,16+/m0/s1. The topological polar surface area (TPSA) is 41.3 Å². The van der Waals surface area contributed by atoms with Gasteiger partial charge in [0.25, 0.3) is 0 Å². The fourth-order valence-corrected chi connectivity index (χ4v) is 3.54. The summed E-state index contributed by atoms with van der Waals surface area (Å²) >= 11 is 0. The SMILES string of the molecule is CC(C)n1ccnc1CN1C[C@@H](O)C[C@@H]1c1ccccc1C(F)(F)F. The number of β-amino-alcohol motifs (C(OH)–C–C–N with tert-alkyl or cyclic N) is 1. The first-order chi connectivity index (χ1) is 11.8. The summed E-state index contributed by atoms with van der Waals surface area (Å²) in [6, 6.07) is 5.35. The third-order valence-electron chi connectivity index (χ3n) is 4.66. The van der Waals surface area contributed by atoms with E-state index in [2.05, 4.69) is 4.98 Å². The van der Waals surface area contributed by atoms with Crippen molar-refractivity contribution in [3.8, 4) is 0 Å². The first-order valence-electron chi connectivity index (χ1n) is 8.37. The minimum absolute atomic E-state index is 0.214. The van der Waals surface area contributed by atoms with Crippen molar-refractivity contribution < 1.29 is 18.3 Å². The van der Waals surface area contributed by atoms with Gasteiger partial charge in [-0.3, -0.25) is 4.90 Å². The molecule has 136 valence electrons. The second kappa shape index (κ2) is 6.80. The molecule has 0 radical (unpaired) electrons. The van der Waals surface area contributed by atoms with Crippen molar-refractivity contribution >= 4 is 0 Å². The highest BCUT2D eigenvalue weighted by atomic mass is 19.4. The molecule has 1 N–H and O–H groups in total. The molecule has 0 aliphatic carbocycles. The number of aromatic nitrogens is 2. The monoisotopic (exact) mass is 353 g/mol. The summed E-state index contributed by atoms with van der Waals surface area (Å²) in [5.74, 6) is 0.790. The zero-order chi connectivity index (χ0) is 18.2. The molecule has 3 rings (SSSR count). The van der Waals surface area contributed by atoms with Crippen LogP contribution in [0, 0.1) is 0 Å². The highest BCUT2D eigenvalue weighted by molar-refractivity contribution is 5.33. The number of halogens is 3. The Kier molecular flexibility index (Phi) is 4.88. The number of likely N-dealkylation sites (tertiary alicyclic amines) is 1. The molecule has 7 heteroatoms. The number of aliphatic hydroxyl groups is 1. The Morgan fingerprint density at radius 2 is 2.00 bits per heavy atom. The van der Waals surface area contributed by atoms with Crippen molar-refractivity contribution in [3.63, 3.8) is 0 Å². The molecule has 1 saturated heterocycles. The van der Waals surface area contributed by atoms with Gasteiger partial charge in [-0.15, -0.1) is 0 Å². The molecule has 2 heterocycles. The number of benzene rings is 1. The number of aliphatic hydroxyl groups excluding tert-OH is 1. The fraction of sp³-hybridized carbons (Fsp3) is 0.500. The van der Waals surface area contributed by atoms with Crippen LogP contribution in [0.25, 0.3) is 0 Å². The normalized spacial score (nSPS) is 22.0. The Morgan fingerprint density at radius 1 is 1.28 bits per heavy atom. The van der Waals surface area contributed by atoms with Crippen LogP contribution in [0.15, 0.2) is 36.7 Å². The molecule has 25 heavy (non-hydrogen) atoms. The van der Waals surface area contributed by atoms with Crippen molar-refractivity contribution in [3.05, 3.63) is 53.6 Å². The molecule has 2 atom stereocenters. The first-order valence-corrected chi connectivity index (χ1v) is 8.37. The molecular weight excluding hydrogens is 331 g/mol. The van der Waals surface area contributed by atoms with Crippen molar-refractivity contribution in [1.29, 1.82) is 0 Å². The third kappa shape index (κ3) is 3.72. The summed E-state index contributed by atoms with van der Waals surface area (Å²) in [4.78, 5) is 6.23. The Bertz CT molecular complexity index is 726. The van der Waals surface area contributed by atoms with E-state index in [0.717, 1.165) is 11.9 Å². The summed E-state index contributed by atoms with van der Waals surface area (Å²) < 4.78 is 42.1. The van der Waals surface area contributed by atoms with Crippen LogP contribution in [0.5, 0.6) is 0 Å². The molecule has 1 aliphatic heterocycles. The molecule has 1 aromatic carbocycles. The predicted octanol–water partition coefficient (Wildman–Crippen LogP) is 3.79. The summed E-state index contributed by atoms with van der Waals surface area (Å²) in [7, 11) is 0. The third-order valence-corrected chi connectivity index (χ3v) is 4.66. The maximum atomic E-state index is 13.4. The lowest BCUT2D eigenvalue weighted by molar-refractivity contribution is -0.138. The number of hydrogen-bond donors (Lipinski definition) is 1. The van der Waals surface area contributed by atoms with E-state index in [-0.39, 0.29) is 18.0 Å². The zero-order valence-corrected chi connectivity index (χ0v) is 14.2. The maximum absolute atomic E-state index is 13.4. The highest BCUT2D eigenvalue weighted by Gasteiger charge is 2.40. The zero-order valence-electron chi connectivity index (χ0n) is 14.2. The van der Waals surface area contributed by atoms with Gasteiger partial charge in [-0.05, 0) is 31.9 Å². The Hall–Kier alpha value is -1.86. The van der Waals surface area contributed by atoms with Crippen LogP contribution in [0.3, 0.4) is 0 Å². The lowest BCUT2D eigenvalue weighted by Crippen LogP contribution is -2.27. The van der Waals surface area contributed by atoms with Gasteiger partial charge in [0, 0.05) is 31.0 Å². The smallest absolute Gasteiger partial charge is 0.392 e. The molecule has 0 amide bonds. The molecule has 1 fully saturated rings. The summed E-state index contributed by atoms with van der Waals surface area (Å²) in [5.41, 5.74) is -0.416. The quantitative estimate of drug-likeness (QED) is 0.909. The first kappa shape index (κ1) is 17.9. The largest absolute Gasteiger partial charge is 0.416 e. The average Bonchev–Trinajstić information content (AvgIpc) is 3.13. The van der Waals surface area contributed by atoms with E-state index in [1.54, 1.807) is 12.3 Å². The van der Waals surface area contributed by atoms with Crippen LogP contribution in [-0.2, 0) is 12.7 Å². The van der Waals surface area contributed by atoms with Gasteiger partial charge < -0.3 is 9.67 Å². The van der Waals surface area contributed by atoms with Crippen LogP contribution in [0.1, 0.15) is 49.3 Å². The molecule has 0 unspecified atom stereocenters. The van der Waals surface area contributed by atoms with Crippen LogP contribution in [0.4, 0.5) is 13.2 Å². The molecule has 1 aliphatic rings. The van der Waals surface area contributed by atoms with Gasteiger partial charge >= 0.3 is 6.18 Å². The van der Waals surface area contributed by atoms with E-state index in [1.165, 1.54) is 12.1 Å². The van der Waals surface area contributed by atoms with Gasteiger partial charge in [-0.2, -0.15) is 13.2 Å². The molecule has 1 aromatic heterocycles. The summed E-state index contributed by atoms with van der Waals surface area (Å²) in [6.45, 7) is 4.79. The van der Waals surface area contributed by atoms with E-state index in [1.807, 2.05) is 29.5 Å². The van der Waals surface area contributed by atoms with Gasteiger partial charge in [0.2, 0.25) is 0 Å². The Morgan fingerprint density at radius 3 is 2.68 bits per heavy atom. The van der Waals surface area contributed by atoms with Gasteiger partial charge in [0.05, 0.1) is 18.2 Å². The minimum Gasteiger partial charge on any atom is -0.392 e. The summed E-state index contributed by atoms with van der Waals surface area (Å²) in [5, 5.41) is 10.1.